The monoisotopic (exact) mass is 277 g/mol. The maximum atomic E-state index is 4.67. The van der Waals surface area contributed by atoms with Crippen molar-refractivity contribution in [2.24, 2.45) is 0 Å². The molecular formula is C15H27N5. The molecule has 1 fully saturated rings. The van der Waals surface area contributed by atoms with Crippen molar-refractivity contribution in [3.05, 3.63) is 11.4 Å². The van der Waals surface area contributed by atoms with Gasteiger partial charge in [0.1, 0.15) is 17.5 Å². The van der Waals surface area contributed by atoms with Gasteiger partial charge in [-0.15, -0.1) is 0 Å². The van der Waals surface area contributed by atoms with Crippen molar-refractivity contribution in [1.29, 1.82) is 0 Å². The Hall–Kier alpha value is -1.36. The van der Waals surface area contributed by atoms with E-state index in [9.17, 15) is 0 Å². The molecule has 1 aromatic rings. The van der Waals surface area contributed by atoms with Gasteiger partial charge in [0.05, 0.1) is 0 Å². The van der Waals surface area contributed by atoms with Crippen LogP contribution in [-0.2, 0) is 0 Å². The minimum Gasteiger partial charge on any atom is -0.370 e. The number of piperidine rings is 1. The summed E-state index contributed by atoms with van der Waals surface area (Å²) in [5, 5.41) is 3.34. The highest BCUT2D eigenvalue weighted by Crippen LogP contribution is 2.26. The highest BCUT2D eigenvalue weighted by Gasteiger charge is 2.23. The molecule has 20 heavy (non-hydrogen) atoms. The summed E-state index contributed by atoms with van der Waals surface area (Å²) in [6.07, 6.45) is 2.40. The van der Waals surface area contributed by atoms with Crippen LogP contribution in [0, 0.1) is 13.8 Å². The summed E-state index contributed by atoms with van der Waals surface area (Å²) in [6.45, 7) is 9.38. The highest BCUT2D eigenvalue weighted by atomic mass is 15.2. The van der Waals surface area contributed by atoms with Crippen LogP contribution >= 0.6 is 0 Å². The fraction of sp³-hybridized carbons (Fsp3) is 0.733. The molecule has 2 heterocycles. The van der Waals surface area contributed by atoms with Gasteiger partial charge >= 0.3 is 0 Å². The van der Waals surface area contributed by atoms with E-state index in [0.717, 1.165) is 42.7 Å². The first-order chi connectivity index (χ1) is 9.52. The Kier molecular flexibility index (Phi) is 4.81. The molecule has 0 radical (unpaired) electrons. The van der Waals surface area contributed by atoms with Crippen molar-refractivity contribution in [2.45, 2.75) is 39.7 Å². The summed E-state index contributed by atoms with van der Waals surface area (Å²) in [5.74, 6) is 2.87. The molecular weight excluding hydrogens is 250 g/mol. The van der Waals surface area contributed by atoms with Crippen molar-refractivity contribution in [3.63, 3.8) is 0 Å². The van der Waals surface area contributed by atoms with Crippen molar-refractivity contribution in [3.8, 4) is 0 Å². The Morgan fingerprint density at radius 2 is 1.90 bits per heavy atom. The van der Waals surface area contributed by atoms with E-state index in [1.165, 1.54) is 12.8 Å². The third-order valence-corrected chi connectivity index (χ3v) is 4.15. The summed E-state index contributed by atoms with van der Waals surface area (Å²) < 4.78 is 0. The number of nitrogens with zero attached hydrogens (tertiary/aromatic N) is 4. The molecule has 1 N–H and O–H groups in total. The Morgan fingerprint density at radius 1 is 1.25 bits per heavy atom. The molecule has 0 spiro atoms. The van der Waals surface area contributed by atoms with Gasteiger partial charge in [-0.3, -0.25) is 0 Å². The van der Waals surface area contributed by atoms with E-state index < -0.39 is 0 Å². The van der Waals surface area contributed by atoms with Gasteiger partial charge in [-0.1, -0.05) is 0 Å². The molecule has 1 aromatic heterocycles. The third kappa shape index (κ3) is 3.20. The predicted molar refractivity (Wildman–Crippen MR) is 84.6 cm³/mol. The Morgan fingerprint density at radius 3 is 2.50 bits per heavy atom. The summed E-state index contributed by atoms with van der Waals surface area (Å²) >= 11 is 0. The number of likely N-dealkylation sites (tertiary alicyclic amines) is 1. The number of nitrogens with one attached hydrogen (secondary N) is 1. The van der Waals surface area contributed by atoms with Crippen LogP contribution in [0.5, 0.6) is 0 Å². The average Bonchev–Trinajstić information content (AvgIpc) is 2.43. The van der Waals surface area contributed by atoms with Crippen LogP contribution in [0.15, 0.2) is 0 Å². The van der Waals surface area contributed by atoms with Crippen LogP contribution in [0.25, 0.3) is 0 Å². The van der Waals surface area contributed by atoms with Crippen molar-refractivity contribution < 1.29 is 0 Å². The minimum atomic E-state index is 0.577. The van der Waals surface area contributed by atoms with Crippen molar-refractivity contribution in [1.82, 2.24) is 14.9 Å². The van der Waals surface area contributed by atoms with Gasteiger partial charge in [-0.25, -0.2) is 9.97 Å². The maximum Gasteiger partial charge on any atom is 0.137 e. The molecule has 0 aliphatic carbocycles. The van der Waals surface area contributed by atoms with Crippen LogP contribution < -0.4 is 10.2 Å². The lowest BCUT2D eigenvalue weighted by Gasteiger charge is -2.36. The summed E-state index contributed by atoms with van der Waals surface area (Å²) in [5.41, 5.74) is 1.15. The molecule has 5 heteroatoms. The lowest BCUT2D eigenvalue weighted by Crippen LogP contribution is -2.42. The van der Waals surface area contributed by atoms with Crippen LogP contribution in [0.2, 0.25) is 0 Å². The molecule has 0 amide bonds. The first-order valence-electron chi connectivity index (χ1n) is 7.53. The van der Waals surface area contributed by atoms with E-state index in [0.29, 0.717) is 6.04 Å². The Balaban J connectivity index is 2.22. The standard InChI is InChI=1S/C15H27N5/c1-6-16-14-11(2)15(18-12(3)17-14)20(5)13-7-9-19(4)10-8-13/h13H,6-10H2,1-5H3,(H,16,17,18). The second-order valence-electron chi connectivity index (χ2n) is 5.74. The average molecular weight is 277 g/mol. The number of hydrogen-bond donors (Lipinski definition) is 1. The van der Waals surface area contributed by atoms with Gasteiger partial charge in [0.15, 0.2) is 0 Å². The topological polar surface area (TPSA) is 44.3 Å². The van der Waals surface area contributed by atoms with E-state index >= 15 is 0 Å². The normalized spacial score (nSPS) is 17.2. The quantitative estimate of drug-likeness (QED) is 0.912. The van der Waals surface area contributed by atoms with Gasteiger partial charge in [0.2, 0.25) is 0 Å². The molecule has 0 unspecified atom stereocenters. The lowest BCUT2D eigenvalue weighted by atomic mass is 10.0. The van der Waals surface area contributed by atoms with Crippen molar-refractivity contribution >= 4 is 11.6 Å². The van der Waals surface area contributed by atoms with Gasteiger partial charge in [0.25, 0.3) is 0 Å². The molecule has 1 aliphatic heterocycles. The summed E-state index contributed by atoms with van der Waals surface area (Å²) in [6, 6.07) is 0.577. The first-order valence-corrected chi connectivity index (χ1v) is 7.53. The fourth-order valence-electron chi connectivity index (χ4n) is 2.85. The van der Waals surface area contributed by atoms with Crippen LogP contribution in [-0.4, -0.2) is 54.6 Å². The van der Waals surface area contributed by atoms with Gasteiger partial charge in [-0.2, -0.15) is 0 Å². The first kappa shape index (κ1) is 15.0. The van der Waals surface area contributed by atoms with Crippen LogP contribution in [0.1, 0.15) is 31.2 Å². The second kappa shape index (κ2) is 6.39. The number of aromatic nitrogens is 2. The zero-order valence-electron chi connectivity index (χ0n) is 13.4. The number of anilines is 2. The van der Waals surface area contributed by atoms with E-state index in [2.05, 4.69) is 53.0 Å². The van der Waals surface area contributed by atoms with Gasteiger partial charge < -0.3 is 15.1 Å². The second-order valence-corrected chi connectivity index (χ2v) is 5.74. The smallest absolute Gasteiger partial charge is 0.137 e. The zero-order valence-corrected chi connectivity index (χ0v) is 13.4. The predicted octanol–water partition coefficient (Wildman–Crippen LogP) is 2.06. The van der Waals surface area contributed by atoms with Gasteiger partial charge in [0, 0.05) is 25.2 Å². The summed E-state index contributed by atoms with van der Waals surface area (Å²) in [4.78, 5) is 13.9. The number of hydrogen-bond acceptors (Lipinski definition) is 5. The lowest BCUT2D eigenvalue weighted by molar-refractivity contribution is 0.252. The third-order valence-electron chi connectivity index (χ3n) is 4.15. The SMILES string of the molecule is CCNc1nc(C)nc(N(C)C2CCN(C)CC2)c1C. The number of aryl methyl sites for hydroxylation is 1. The molecule has 0 saturated carbocycles. The van der Waals surface area contributed by atoms with Crippen LogP contribution in [0.3, 0.4) is 0 Å². The molecule has 5 nitrogen and oxygen atoms in total. The molecule has 1 saturated heterocycles. The van der Waals surface area contributed by atoms with E-state index in [1.807, 2.05) is 6.92 Å². The largest absolute Gasteiger partial charge is 0.370 e. The zero-order chi connectivity index (χ0) is 14.7. The van der Waals surface area contributed by atoms with Crippen molar-refractivity contribution in [2.75, 3.05) is 43.9 Å². The Labute approximate surface area is 122 Å². The van der Waals surface area contributed by atoms with E-state index in [-0.39, 0.29) is 0 Å². The highest BCUT2D eigenvalue weighted by molar-refractivity contribution is 5.58. The molecule has 112 valence electrons. The molecule has 0 bridgehead atoms. The number of rotatable bonds is 4. The minimum absolute atomic E-state index is 0.577. The molecule has 0 aromatic carbocycles. The van der Waals surface area contributed by atoms with Crippen LogP contribution in [0.4, 0.5) is 11.6 Å². The Bertz CT molecular complexity index is 452. The van der Waals surface area contributed by atoms with E-state index in [1.54, 1.807) is 0 Å². The summed E-state index contributed by atoms with van der Waals surface area (Å²) in [7, 11) is 4.36. The molecule has 0 atom stereocenters. The van der Waals surface area contributed by atoms with E-state index in [4.69, 9.17) is 0 Å². The van der Waals surface area contributed by atoms with Gasteiger partial charge in [-0.05, 0) is 53.8 Å². The fourth-order valence-corrected chi connectivity index (χ4v) is 2.85. The molecule has 1 aliphatic rings. The maximum absolute atomic E-state index is 4.67. The molecule has 2 rings (SSSR count).